The molecule has 2 aliphatic carbocycles. The highest BCUT2D eigenvalue weighted by Crippen LogP contribution is 2.60. The zero-order chi connectivity index (χ0) is 8.77. The molecule has 0 amide bonds. The molecule has 66 valence electrons. The Morgan fingerprint density at radius 3 is 2.67 bits per heavy atom. The molecule has 2 aliphatic rings. The lowest BCUT2D eigenvalue weighted by molar-refractivity contribution is 0.126. The topological polar surface area (TPSA) is 23.8 Å². The van der Waals surface area contributed by atoms with Crippen molar-refractivity contribution in [2.75, 3.05) is 0 Å². The molecule has 0 aliphatic heterocycles. The SMILES string of the molecule is CC1(C)C(CC#N)[C@H]2CC[C@@H]1C2. The molecule has 0 saturated heterocycles. The molecule has 1 nitrogen and oxygen atoms in total. The largest absolute Gasteiger partial charge is 0.198 e. The van der Waals surface area contributed by atoms with Gasteiger partial charge in [-0.05, 0) is 42.4 Å². The molecule has 0 aromatic rings. The zero-order valence-electron chi connectivity index (χ0n) is 8.01. The Kier molecular flexibility index (Phi) is 1.68. The second-order valence-corrected chi connectivity index (χ2v) is 5.06. The van der Waals surface area contributed by atoms with Gasteiger partial charge in [-0.3, -0.25) is 0 Å². The van der Waals surface area contributed by atoms with Crippen molar-refractivity contribution in [3.05, 3.63) is 0 Å². The maximum Gasteiger partial charge on any atom is 0.0624 e. The first-order valence-corrected chi connectivity index (χ1v) is 5.03. The van der Waals surface area contributed by atoms with Gasteiger partial charge in [-0.1, -0.05) is 13.8 Å². The summed E-state index contributed by atoms with van der Waals surface area (Å²) in [6, 6.07) is 2.35. The van der Waals surface area contributed by atoms with Crippen LogP contribution in [0.15, 0.2) is 0 Å². The van der Waals surface area contributed by atoms with Crippen LogP contribution in [0.2, 0.25) is 0 Å². The molecule has 1 heteroatoms. The van der Waals surface area contributed by atoms with Crippen molar-refractivity contribution in [1.29, 1.82) is 5.26 Å². The molecule has 12 heavy (non-hydrogen) atoms. The van der Waals surface area contributed by atoms with Crippen molar-refractivity contribution in [1.82, 2.24) is 0 Å². The van der Waals surface area contributed by atoms with Gasteiger partial charge >= 0.3 is 0 Å². The van der Waals surface area contributed by atoms with Crippen LogP contribution in [0.1, 0.15) is 39.5 Å². The van der Waals surface area contributed by atoms with Gasteiger partial charge < -0.3 is 0 Å². The Hall–Kier alpha value is -0.510. The predicted octanol–water partition coefficient (Wildman–Crippen LogP) is 2.97. The standard InChI is InChI=1S/C11H17N/c1-11(2)9-4-3-8(7-9)10(11)5-6-12/h8-10H,3-5,7H2,1-2H3/t8-,9+,10?/m0/s1. The van der Waals surface area contributed by atoms with Crippen molar-refractivity contribution >= 4 is 0 Å². The van der Waals surface area contributed by atoms with E-state index >= 15 is 0 Å². The van der Waals surface area contributed by atoms with E-state index in [1.807, 2.05) is 0 Å². The summed E-state index contributed by atoms with van der Waals surface area (Å²) in [5.41, 5.74) is 0.457. The lowest BCUT2D eigenvalue weighted by Gasteiger charge is -2.37. The molecular formula is C11H17N. The van der Waals surface area contributed by atoms with Gasteiger partial charge in [0.15, 0.2) is 0 Å². The van der Waals surface area contributed by atoms with Crippen LogP contribution in [0.5, 0.6) is 0 Å². The van der Waals surface area contributed by atoms with Crippen molar-refractivity contribution in [3.8, 4) is 6.07 Å². The van der Waals surface area contributed by atoms with Crippen molar-refractivity contribution in [2.45, 2.75) is 39.5 Å². The summed E-state index contributed by atoms with van der Waals surface area (Å²) in [4.78, 5) is 0. The summed E-state index contributed by atoms with van der Waals surface area (Å²) in [7, 11) is 0. The molecular weight excluding hydrogens is 146 g/mol. The van der Waals surface area contributed by atoms with E-state index in [1.165, 1.54) is 19.3 Å². The fourth-order valence-electron chi connectivity index (χ4n) is 3.50. The molecule has 0 spiro atoms. The van der Waals surface area contributed by atoms with Gasteiger partial charge in [0.2, 0.25) is 0 Å². The van der Waals surface area contributed by atoms with Crippen molar-refractivity contribution in [3.63, 3.8) is 0 Å². The Morgan fingerprint density at radius 2 is 2.17 bits per heavy atom. The fourth-order valence-corrected chi connectivity index (χ4v) is 3.50. The van der Waals surface area contributed by atoms with Gasteiger partial charge in [-0.2, -0.15) is 5.26 Å². The van der Waals surface area contributed by atoms with Gasteiger partial charge in [0.1, 0.15) is 0 Å². The lowest BCUT2D eigenvalue weighted by Crippen LogP contribution is -2.30. The minimum atomic E-state index is 0.457. The Bertz CT molecular complexity index is 224. The highest BCUT2D eigenvalue weighted by Gasteiger charge is 2.52. The molecule has 2 fully saturated rings. The average Bonchev–Trinajstić information content (AvgIpc) is 2.53. The van der Waals surface area contributed by atoms with Crippen LogP contribution < -0.4 is 0 Å². The first kappa shape index (κ1) is 8.10. The summed E-state index contributed by atoms with van der Waals surface area (Å²) in [5.74, 6) is 2.49. The number of hydrogen-bond acceptors (Lipinski definition) is 1. The number of nitrogens with zero attached hydrogens (tertiary/aromatic N) is 1. The van der Waals surface area contributed by atoms with E-state index in [2.05, 4.69) is 19.9 Å². The molecule has 0 N–H and O–H groups in total. The first-order chi connectivity index (χ1) is 5.66. The van der Waals surface area contributed by atoms with Crippen molar-refractivity contribution in [2.24, 2.45) is 23.2 Å². The van der Waals surface area contributed by atoms with E-state index in [4.69, 9.17) is 5.26 Å². The third-order valence-corrected chi connectivity index (χ3v) is 4.36. The second-order valence-electron chi connectivity index (χ2n) is 5.06. The molecule has 0 radical (unpaired) electrons. The maximum atomic E-state index is 8.74. The Balaban J connectivity index is 2.18. The number of hydrogen-bond donors (Lipinski definition) is 0. The van der Waals surface area contributed by atoms with Crippen LogP contribution >= 0.6 is 0 Å². The molecule has 0 aromatic carbocycles. The molecule has 1 unspecified atom stereocenters. The van der Waals surface area contributed by atoms with Crippen molar-refractivity contribution < 1.29 is 0 Å². The lowest BCUT2D eigenvalue weighted by atomic mass is 9.68. The molecule has 2 bridgehead atoms. The predicted molar refractivity (Wildman–Crippen MR) is 48.3 cm³/mol. The third kappa shape index (κ3) is 0.905. The monoisotopic (exact) mass is 163 g/mol. The fraction of sp³-hybridized carbons (Fsp3) is 0.909. The van der Waals surface area contributed by atoms with Gasteiger partial charge in [0.05, 0.1) is 6.07 Å². The van der Waals surface area contributed by atoms with Gasteiger partial charge in [0, 0.05) is 6.42 Å². The number of nitriles is 1. The Labute approximate surface area is 74.8 Å². The molecule has 0 aromatic heterocycles. The highest BCUT2D eigenvalue weighted by atomic mass is 14.6. The Morgan fingerprint density at radius 1 is 1.42 bits per heavy atom. The minimum absolute atomic E-state index is 0.457. The average molecular weight is 163 g/mol. The van der Waals surface area contributed by atoms with E-state index in [-0.39, 0.29) is 0 Å². The smallest absolute Gasteiger partial charge is 0.0624 e. The molecule has 2 rings (SSSR count). The summed E-state index contributed by atoms with van der Waals surface area (Å²) in [6.45, 7) is 4.72. The highest BCUT2D eigenvalue weighted by molar-refractivity contribution is 5.03. The van der Waals surface area contributed by atoms with Crippen LogP contribution in [0.3, 0.4) is 0 Å². The van der Waals surface area contributed by atoms with E-state index in [0.717, 1.165) is 18.3 Å². The molecule has 3 atom stereocenters. The van der Waals surface area contributed by atoms with Crippen LogP contribution in [0.4, 0.5) is 0 Å². The molecule has 0 heterocycles. The van der Waals surface area contributed by atoms with Gasteiger partial charge in [-0.15, -0.1) is 0 Å². The normalized spacial score (nSPS) is 42.9. The van der Waals surface area contributed by atoms with E-state index in [1.54, 1.807) is 0 Å². The third-order valence-electron chi connectivity index (χ3n) is 4.36. The van der Waals surface area contributed by atoms with Crippen LogP contribution in [-0.2, 0) is 0 Å². The second kappa shape index (κ2) is 2.49. The summed E-state index contributed by atoms with van der Waals surface area (Å²) in [5, 5.41) is 8.74. The van der Waals surface area contributed by atoms with Crippen LogP contribution in [0.25, 0.3) is 0 Å². The first-order valence-electron chi connectivity index (χ1n) is 5.03. The summed E-state index contributed by atoms with van der Waals surface area (Å²) >= 11 is 0. The zero-order valence-corrected chi connectivity index (χ0v) is 8.01. The molecule has 2 saturated carbocycles. The van der Waals surface area contributed by atoms with Crippen LogP contribution in [-0.4, -0.2) is 0 Å². The number of fused-ring (bicyclic) bond motifs is 2. The minimum Gasteiger partial charge on any atom is -0.198 e. The van der Waals surface area contributed by atoms with E-state index < -0.39 is 0 Å². The maximum absolute atomic E-state index is 8.74. The van der Waals surface area contributed by atoms with E-state index in [0.29, 0.717) is 11.3 Å². The van der Waals surface area contributed by atoms with Crippen LogP contribution in [0, 0.1) is 34.5 Å². The summed E-state index contributed by atoms with van der Waals surface area (Å²) < 4.78 is 0. The van der Waals surface area contributed by atoms with E-state index in [9.17, 15) is 0 Å². The van der Waals surface area contributed by atoms with Gasteiger partial charge in [-0.25, -0.2) is 0 Å². The number of rotatable bonds is 1. The summed E-state index contributed by atoms with van der Waals surface area (Å²) in [6.07, 6.45) is 4.99. The quantitative estimate of drug-likeness (QED) is 0.583. The van der Waals surface area contributed by atoms with Gasteiger partial charge in [0.25, 0.3) is 0 Å².